The third-order valence-electron chi connectivity index (χ3n) is 6.56. The highest BCUT2D eigenvalue weighted by Gasteiger charge is 2.38. The maximum atomic E-state index is 13.4. The van der Waals surface area contributed by atoms with Crippen LogP contribution in [0.5, 0.6) is 0 Å². The predicted molar refractivity (Wildman–Crippen MR) is 162 cm³/mol. The lowest BCUT2D eigenvalue weighted by Crippen LogP contribution is -2.51. The Bertz CT molecular complexity index is 1500. The van der Waals surface area contributed by atoms with E-state index in [0.717, 1.165) is 11.1 Å². The number of carbonyl (C=O) groups is 2. The van der Waals surface area contributed by atoms with Gasteiger partial charge < -0.3 is 14.3 Å². The van der Waals surface area contributed by atoms with Gasteiger partial charge in [-0.1, -0.05) is 5.16 Å². The van der Waals surface area contributed by atoms with Crippen molar-refractivity contribution in [3.63, 3.8) is 0 Å². The number of aryl methyl sites for hydroxylation is 1. The number of fused-ring (bicyclic) bond motifs is 1. The zero-order valence-corrected chi connectivity index (χ0v) is 27.1. The minimum atomic E-state index is -0.704. The molecule has 3 aromatic rings. The summed E-state index contributed by atoms with van der Waals surface area (Å²) < 4.78 is 15.1. The summed E-state index contributed by atoms with van der Waals surface area (Å²) in [5, 5.41) is 15.8. The van der Waals surface area contributed by atoms with E-state index in [1.165, 1.54) is 7.11 Å². The van der Waals surface area contributed by atoms with Crippen molar-refractivity contribution in [2.75, 3.05) is 19.0 Å². The number of anilines is 1. The molecule has 1 saturated heterocycles. The van der Waals surface area contributed by atoms with Crippen molar-refractivity contribution in [3.8, 4) is 11.1 Å². The van der Waals surface area contributed by atoms with E-state index in [0.29, 0.717) is 46.7 Å². The van der Waals surface area contributed by atoms with Gasteiger partial charge in [-0.25, -0.2) is 14.6 Å². The number of amides is 2. The molecule has 14 heteroatoms. The van der Waals surface area contributed by atoms with E-state index in [9.17, 15) is 9.59 Å². The zero-order chi connectivity index (χ0) is 31.0. The molecule has 0 spiro atoms. The van der Waals surface area contributed by atoms with Crippen LogP contribution in [-0.2, 0) is 21.4 Å². The van der Waals surface area contributed by atoms with Gasteiger partial charge in [-0.3, -0.25) is 14.9 Å². The Hall–Kier alpha value is -3.68. The van der Waals surface area contributed by atoms with E-state index < -0.39 is 23.4 Å². The van der Waals surface area contributed by atoms with Gasteiger partial charge in [0, 0.05) is 36.8 Å². The molecule has 0 saturated carbocycles. The number of nitrogens with one attached hydrogen (secondary N) is 1. The number of piperidine rings is 1. The predicted octanol–water partition coefficient (Wildman–Crippen LogP) is 5.74. The number of likely N-dealkylation sites (tertiary alicyclic amines) is 1. The first-order valence-electron chi connectivity index (χ1n) is 13.7. The second kappa shape index (κ2) is 11.9. The van der Waals surface area contributed by atoms with Crippen molar-refractivity contribution in [1.82, 2.24) is 29.3 Å². The largest absolute Gasteiger partial charge is 0.444 e. The van der Waals surface area contributed by atoms with Gasteiger partial charge in [-0.2, -0.15) is 14.7 Å². The van der Waals surface area contributed by atoms with E-state index in [-0.39, 0.29) is 12.0 Å². The highest BCUT2D eigenvalue weighted by Crippen LogP contribution is 2.39. The number of halogens is 1. The Morgan fingerprint density at radius 3 is 2.36 bits per heavy atom. The van der Waals surface area contributed by atoms with E-state index in [2.05, 4.69) is 36.6 Å². The molecule has 3 aromatic heterocycles. The molecular weight excluding hydrogens is 608 g/mol. The minimum Gasteiger partial charge on any atom is -0.444 e. The van der Waals surface area contributed by atoms with Gasteiger partial charge in [0.15, 0.2) is 11.5 Å². The molecule has 13 nitrogen and oxygen atoms in total. The monoisotopic (exact) mass is 646 g/mol. The molecule has 1 fully saturated rings. The third kappa shape index (κ3) is 7.02. The molecule has 0 aromatic carbocycles. The average molecular weight is 648 g/mol. The molecule has 0 bridgehead atoms. The summed E-state index contributed by atoms with van der Waals surface area (Å²) in [5.74, 6) is 0.154. The normalized spacial score (nSPS) is 18.2. The van der Waals surface area contributed by atoms with Gasteiger partial charge in [-0.15, -0.1) is 0 Å². The fourth-order valence-corrected chi connectivity index (χ4v) is 5.57. The highest BCUT2D eigenvalue weighted by atomic mass is 79.9. The van der Waals surface area contributed by atoms with Crippen LogP contribution in [-0.4, -0.2) is 78.1 Å². The van der Waals surface area contributed by atoms with Crippen molar-refractivity contribution in [3.05, 3.63) is 28.8 Å². The van der Waals surface area contributed by atoms with Crippen LogP contribution in [0.25, 0.3) is 16.8 Å². The van der Waals surface area contributed by atoms with Gasteiger partial charge in [-0.05, 0) is 77.2 Å². The van der Waals surface area contributed by atoms with Gasteiger partial charge in [0.2, 0.25) is 0 Å². The van der Waals surface area contributed by atoms with Gasteiger partial charge >= 0.3 is 12.2 Å². The summed E-state index contributed by atoms with van der Waals surface area (Å²) in [6, 6.07) is -0.307. The molecular formula is C28H39BrN8O5. The molecule has 0 aliphatic carbocycles. The first kappa shape index (κ1) is 31.3. The standard InChI is InChI=1S/C28H39BrN8O5/c1-16(34-40-9)20-11-10-17(15-36(20)26(39)42-28(5,6)7)22-21(29)24(33-25(38)41-27(2,3)4)37-23(32-22)19(13-31-37)18-12-30-35(8)14-18/h12-14,17,20H,10-11,15H2,1-9H3,(H,33,38)/b34-16+/t17-,20-/m0/s1. The number of rotatable bonds is 5. The maximum absolute atomic E-state index is 13.4. The smallest absolute Gasteiger partial charge is 0.413 e. The first-order valence-corrected chi connectivity index (χ1v) is 14.5. The summed E-state index contributed by atoms with van der Waals surface area (Å²) >= 11 is 3.70. The maximum Gasteiger partial charge on any atom is 0.413 e. The molecule has 0 unspecified atom stereocenters. The summed E-state index contributed by atoms with van der Waals surface area (Å²) in [6.07, 6.45) is 5.49. The van der Waals surface area contributed by atoms with Crippen LogP contribution < -0.4 is 5.32 Å². The quantitative estimate of drug-likeness (QED) is 0.273. The van der Waals surface area contributed by atoms with Crippen molar-refractivity contribution >= 4 is 45.3 Å². The molecule has 1 N–H and O–H groups in total. The third-order valence-corrected chi connectivity index (χ3v) is 7.35. The molecule has 1 aliphatic heterocycles. The van der Waals surface area contributed by atoms with Crippen molar-refractivity contribution in [2.24, 2.45) is 12.2 Å². The van der Waals surface area contributed by atoms with Crippen LogP contribution in [0.1, 0.15) is 72.9 Å². The minimum absolute atomic E-state index is 0.209. The van der Waals surface area contributed by atoms with Crippen LogP contribution in [0, 0.1) is 0 Å². The summed E-state index contributed by atoms with van der Waals surface area (Å²) in [5.41, 5.74) is 2.03. The fraction of sp³-hybridized carbons (Fsp3) is 0.571. The Balaban J connectivity index is 1.81. The van der Waals surface area contributed by atoms with Crippen LogP contribution in [0.4, 0.5) is 15.4 Å². The lowest BCUT2D eigenvalue weighted by molar-refractivity contribution is 0.0140. The first-order chi connectivity index (χ1) is 19.6. The van der Waals surface area contributed by atoms with Crippen LogP contribution in [0.3, 0.4) is 0 Å². The van der Waals surface area contributed by atoms with E-state index in [1.807, 2.05) is 40.9 Å². The molecule has 2 amide bonds. The number of hydrogen-bond acceptors (Lipinski definition) is 9. The summed E-state index contributed by atoms with van der Waals surface area (Å²) in [4.78, 5) is 38.1. The molecule has 0 radical (unpaired) electrons. The molecule has 4 heterocycles. The van der Waals surface area contributed by atoms with Crippen LogP contribution in [0.15, 0.2) is 28.2 Å². The molecule has 1 aliphatic rings. The van der Waals surface area contributed by atoms with Crippen molar-refractivity contribution in [1.29, 1.82) is 0 Å². The van der Waals surface area contributed by atoms with E-state index in [4.69, 9.17) is 19.3 Å². The number of hydrogen-bond donors (Lipinski definition) is 1. The second-order valence-electron chi connectivity index (χ2n) is 12.3. The molecule has 228 valence electrons. The lowest BCUT2D eigenvalue weighted by atomic mass is 9.88. The Morgan fingerprint density at radius 1 is 1.07 bits per heavy atom. The highest BCUT2D eigenvalue weighted by molar-refractivity contribution is 9.10. The Kier molecular flexibility index (Phi) is 8.86. The summed E-state index contributed by atoms with van der Waals surface area (Å²) in [7, 11) is 3.31. The topological polar surface area (TPSA) is 137 Å². The number of aromatic nitrogens is 5. The zero-order valence-electron chi connectivity index (χ0n) is 25.6. The van der Waals surface area contributed by atoms with Gasteiger partial charge in [0.05, 0.1) is 34.3 Å². The van der Waals surface area contributed by atoms with Crippen molar-refractivity contribution < 1.29 is 23.9 Å². The Labute approximate surface area is 253 Å². The molecule has 2 atom stereocenters. The van der Waals surface area contributed by atoms with E-state index >= 15 is 0 Å². The van der Waals surface area contributed by atoms with Crippen LogP contribution >= 0.6 is 15.9 Å². The number of carbonyl (C=O) groups excluding carboxylic acids is 2. The Morgan fingerprint density at radius 2 is 1.76 bits per heavy atom. The second-order valence-corrected chi connectivity index (χ2v) is 13.1. The number of ether oxygens (including phenoxy) is 2. The van der Waals surface area contributed by atoms with Crippen LogP contribution in [0.2, 0.25) is 0 Å². The van der Waals surface area contributed by atoms with Gasteiger partial charge in [0.1, 0.15) is 18.3 Å². The summed E-state index contributed by atoms with van der Waals surface area (Å²) in [6.45, 7) is 13.0. The SMILES string of the molecule is CO/N=C(\C)[C@@H]1CC[C@H](c2nc3c(-c4cnn(C)c4)cnn3c(NC(=O)OC(C)(C)C)c2Br)CN1C(=O)OC(C)(C)C. The van der Waals surface area contributed by atoms with Crippen molar-refractivity contribution in [2.45, 2.75) is 84.5 Å². The average Bonchev–Trinajstić information content (AvgIpc) is 3.49. The molecule has 42 heavy (non-hydrogen) atoms. The fourth-order valence-electron chi connectivity index (χ4n) is 4.89. The van der Waals surface area contributed by atoms with E-state index in [1.54, 1.807) is 47.3 Å². The molecule has 4 rings (SSSR count). The lowest BCUT2D eigenvalue weighted by Gasteiger charge is -2.40. The number of oxime groups is 1. The van der Waals surface area contributed by atoms with Gasteiger partial charge in [0.25, 0.3) is 0 Å². The number of nitrogens with zero attached hydrogens (tertiary/aromatic N) is 7.